The summed E-state index contributed by atoms with van der Waals surface area (Å²) in [6, 6.07) is 12.2. The lowest BCUT2D eigenvalue weighted by molar-refractivity contribution is 1.32. The fourth-order valence-corrected chi connectivity index (χ4v) is 1.86. The number of anilines is 3. The summed E-state index contributed by atoms with van der Waals surface area (Å²) in [4.78, 5) is 0. The molecule has 0 fully saturated rings. The molecule has 2 nitrogen and oxygen atoms in total. The van der Waals surface area contributed by atoms with Crippen molar-refractivity contribution in [3.05, 3.63) is 53.1 Å². The van der Waals surface area contributed by atoms with Crippen molar-refractivity contribution in [1.82, 2.24) is 0 Å². The second kappa shape index (κ2) is 4.50. The van der Waals surface area contributed by atoms with Gasteiger partial charge in [0.15, 0.2) is 0 Å². The highest BCUT2D eigenvalue weighted by Crippen LogP contribution is 2.25. The largest absolute Gasteiger partial charge is 0.399 e. The first-order valence-corrected chi connectivity index (χ1v) is 5.77. The molecule has 0 aliphatic rings. The third-order valence-electron chi connectivity index (χ3n) is 3.12. The summed E-state index contributed by atoms with van der Waals surface area (Å²) in [6.45, 7) is 6.31. The third kappa shape index (κ3) is 2.41. The fraction of sp³-hybridized carbons (Fsp3) is 0.200. The quantitative estimate of drug-likeness (QED) is 0.761. The van der Waals surface area contributed by atoms with E-state index < -0.39 is 0 Å². The van der Waals surface area contributed by atoms with E-state index in [1.807, 2.05) is 18.2 Å². The molecule has 0 radical (unpaired) electrons. The van der Waals surface area contributed by atoms with Gasteiger partial charge < -0.3 is 11.1 Å². The first-order valence-electron chi connectivity index (χ1n) is 5.77. The van der Waals surface area contributed by atoms with E-state index in [0.29, 0.717) is 0 Å². The normalized spacial score (nSPS) is 10.3. The van der Waals surface area contributed by atoms with Crippen molar-refractivity contribution < 1.29 is 0 Å². The van der Waals surface area contributed by atoms with E-state index >= 15 is 0 Å². The van der Waals surface area contributed by atoms with Gasteiger partial charge >= 0.3 is 0 Å². The number of nitrogen functional groups attached to an aromatic ring is 1. The second-order valence-corrected chi connectivity index (χ2v) is 4.45. The monoisotopic (exact) mass is 226 g/mol. The molecule has 88 valence electrons. The van der Waals surface area contributed by atoms with Crippen LogP contribution in [0.4, 0.5) is 17.1 Å². The highest BCUT2D eigenvalue weighted by atomic mass is 14.9. The summed E-state index contributed by atoms with van der Waals surface area (Å²) >= 11 is 0. The van der Waals surface area contributed by atoms with Crippen LogP contribution in [0.15, 0.2) is 36.4 Å². The van der Waals surface area contributed by atoms with Gasteiger partial charge in [0, 0.05) is 17.1 Å². The van der Waals surface area contributed by atoms with E-state index in [0.717, 1.165) is 22.6 Å². The van der Waals surface area contributed by atoms with Crippen LogP contribution in [0.2, 0.25) is 0 Å². The molecule has 0 saturated heterocycles. The fourth-order valence-electron chi connectivity index (χ4n) is 1.86. The first-order chi connectivity index (χ1) is 8.08. The number of hydrogen-bond acceptors (Lipinski definition) is 2. The molecule has 0 amide bonds. The van der Waals surface area contributed by atoms with Gasteiger partial charge in [-0.2, -0.15) is 0 Å². The topological polar surface area (TPSA) is 38.0 Å². The molecular weight excluding hydrogens is 208 g/mol. The molecule has 2 aromatic carbocycles. The maximum absolute atomic E-state index is 5.75. The van der Waals surface area contributed by atoms with Gasteiger partial charge in [0.2, 0.25) is 0 Å². The Bertz CT molecular complexity index is 545. The van der Waals surface area contributed by atoms with Crippen molar-refractivity contribution in [1.29, 1.82) is 0 Å². The van der Waals surface area contributed by atoms with Crippen LogP contribution in [-0.2, 0) is 0 Å². The molecule has 0 bridgehead atoms. The predicted octanol–water partition coefficient (Wildman–Crippen LogP) is 3.94. The van der Waals surface area contributed by atoms with Crippen LogP contribution in [0.3, 0.4) is 0 Å². The molecule has 3 N–H and O–H groups in total. The van der Waals surface area contributed by atoms with Crippen molar-refractivity contribution in [2.45, 2.75) is 20.8 Å². The van der Waals surface area contributed by atoms with Crippen molar-refractivity contribution >= 4 is 17.1 Å². The number of rotatable bonds is 2. The van der Waals surface area contributed by atoms with Gasteiger partial charge in [-0.25, -0.2) is 0 Å². The summed E-state index contributed by atoms with van der Waals surface area (Å²) in [5, 5.41) is 3.45. The summed E-state index contributed by atoms with van der Waals surface area (Å²) in [5.41, 5.74) is 12.5. The smallest absolute Gasteiger partial charge is 0.0416 e. The van der Waals surface area contributed by atoms with E-state index in [4.69, 9.17) is 5.73 Å². The van der Waals surface area contributed by atoms with Gasteiger partial charge in [0.1, 0.15) is 0 Å². The van der Waals surface area contributed by atoms with Gasteiger partial charge in [-0.05, 0) is 61.7 Å². The number of nitrogens with two attached hydrogens (primary N) is 1. The molecule has 2 heteroatoms. The summed E-state index contributed by atoms with van der Waals surface area (Å²) in [7, 11) is 0. The molecule has 0 unspecified atom stereocenters. The average molecular weight is 226 g/mol. The van der Waals surface area contributed by atoms with E-state index in [2.05, 4.69) is 44.3 Å². The zero-order valence-corrected chi connectivity index (χ0v) is 10.5. The van der Waals surface area contributed by atoms with Crippen molar-refractivity contribution in [3.8, 4) is 0 Å². The Hall–Kier alpha value is -1.96. The van der Waals surface area contributed by atoms with Crippen LogP contribution in [-0.4, -0.2) is 0 Å². The minimum Gasteiger partial charge on any atom is -0.399 e. The van der Waals surface area contributed by atoms with Crippen LogP contribution >= 0.6 is 0 Å². The van der Waals surface area contributed by atoms with Gasteiger partial charge in [0.25, 0.3) is 0 Å². The molecule has 0 heterocycles. The van der Waals surface area contributed by atoms with E-state index in [-0.39, 0.29) is 0 Å². The standard InChI is InChI=1S/C15H18N2/c1-10-5-4-6-15(12(10)3)17-14-8-7-13(16)9-11(14)2/h4-9,17H,16H2,1-3H3. The second-order valence-electron chi connectivity index (χ2n) is 4.45. The Morgan fingerprint density at radius 3 is 2.35 bits per heavy atom. The zero-order chi connectivity index (χ0) is 12.4. The number of hydrogen-bond donors (Lipinski definition) is 2. The van der Waals surface area contributed by atoms with Gasteiger partial charge in [-0.15, -0.1) is 0 Å². The van der Waals surface area contributed by atoms with Crippen LogP contribution < -0.4 is 11.1 Å². The maximum atomic E-state index is 5.75. The molecule has 0 atom stereocenters. The zero-order valence-electron chi connectivity index (χ0n) is 10.5. The average Bonchev–Trinajstić information content (AvgIpc) is 2.28. The minimum atomic E-state index is 0.800. The predicted molar refractivity (Wildman–Crippen MR) is 74.8 cm³/mol. The van der Waals surface area contributed by atoms with Crippen molar-refractivity contribution in [3.63, 3.8) is 0 Å². The molecule has 2 rings (SSSR count). The number of nitrogens with one attached hydrogen (secondary N) is 1. The van der Waals surface area contributed by atoms with Crippen LogP contribution in [0.5, 0.6) is 0 Å². The highest BCUT2D eigenvalue weighted by Gasteiger charge is 2.03. The lowest BCUT2D eigenvalue weighted by Gasteiger charge is -2.13. The summed E-state index contributed by atoms with van der Waals surface area (Å²) in [6.07, 6.45) is 0. The lowest BCUT2D eigenvalue weighted by Crippen LogP contribution is -1.97. The van der Waals surface area contributed by atoms with Gasteiger partial charge in [-0.1, -0.05) is 12.1 Å². The van der Waals surface area contributed by atoms with Crippen LogP contribution in [0.25, 0.3) is 0 Å². The van der Waals surface area contributed by atoms with Crippen LogP contribution in [0, 0.1) is 20.8 Å². The Balaban J connectivity index is 2.35. The Morgan fingerprint density at radius 2 is 1.65 bits per heavy atom. The Morgan fingerprint density at radius 1 is 0.882 bits per heavy atom. The van der Waals surface area contributed by atoms with Crippen LogP contribution in [0.1, 0.15) is 16.7 Å². The van der Waals surface area contributed by atoms with Gasteiger partial charge in [-0.3, -0.25) is 0 Å². The number of benzene rings is 2. The Labute approximate surface area is 102 Å². The molecule has 17 heavy (non-hydrogen) atoms. The van der Waals surface area contributed by atoms with E-state index in [9.17, 15) is 0 Å². The third-order valence-corrected chi connectivity index (χ3v) is 3.12. The molecule has 0 aliphatic heterocycles. The van der Waals surface area contributed by atoms with Crippen molar-refractivity contribution in [2.24, 2.45) is 0 Å². The maximum Gasteiger partial charge on any atom is 0.0416 e. The van der Waals surface area contributed by atoms with E-state index in [1.165, 1.54) is 11.1 Å². The Kier molecular flexibility index (Phi) is 3.05. The summed E-state index contributed by atoms with van der Waals surface area (Å²) < 4.78 is 0. The minimum absolute atomic E-state index is 0.800. The molecule has 0 saturated carbocycles. The molecule has 0 spiro atoms. The van der Waals surface area contributed by atoms with Gasteiger partial charge in [0.05, 0.1) is 0 Å². The highest BCUT2D eigenvalue weighted by molar-refractivity contribution is 5.68. The number of aryl methyl sites for hydroxylation is 2. The molecular formula is C15H18N2. The first kappa shape index (κ1) is 11.5. The van der Waals surface area contributed by atoms with Crippen molar-refractivity contribution in [2.75, 3.05) is 11.1 Å². The lowest BCUT2D eigenvalue weighted by atomic mass is 10.1. The molecule has 0 aliphatic carbocycles. The SMILES string of the molecule is Cc1cc(N)ccc1Nc1cccc(C)c1C. The van der Waals surface area contributed by atoms with E-state index in [1.54, 1.807) is 0 Å². The molecule has 0 aromatic heterocycles. The summed E-state index contributed by atoms with van der Waals surface area (Å²) in [5.74, 6) is 0. The molecule has 2 aromatic rings.